The molecule has 1 heterocycles. The van der Waals surface area contributed by atoms with E-state index < -0.39 is 10.8 Å². The molecule has 0 spiro atoms. The predicted molar refractivity (Wildman–Crippen MR) is 81.9 cm³/mol. The second-order valence-corrected chi connectivity index (χ2v) is 6.56. The molecule has 2 N–H and O–H groups in total. The molecule has 0 saturated heterocycles. The minimum Gasteiger partial charge on any atom is -0.396 e. The summed E-state index contributed by atoms with van der Waals surface area (Å²) in [6, 6.07) is 11.8. The first-order valence-electron chi connectivity index (χ1n) is 7.11. The van der Waals surface area contributed by atoms with Crippen LogP contribution in [0.2, 0.25) is 0 Å². The molecule has 1 aliphatic heterocycles. The summed E-state index contributed by atoms with van der Waals surface area (Å²) in [6.07, 6.45) is 1.80. The van der Waals surface area contributed by atoms with Crippen LogP contribution in [0.4, 0.5) is 0 Å². The van der Waals surface area contributed by atoms with Crippen molar-refractivity contribution < 1.29 is 14.4 Å². The second kappa shape index (κ2) is 6.10. The van der Waals surface area contributed by atoms with Crippen LogP contribution in [-0.2, 0) is 30.1 Å². The Morgan fingerprint density at radius 3 is 1.76 bits per heavy atom. The van der Waals surface area contributed by atoms with Crippen molar-refractivity contribution in [3.05, 3.63) is 58.7 Å². The van der Waals surface area contributed by atoms with Gasteiger partial charge in [-0.15, -0.1) is 0 Å². The fraction of sp³-hybridized carbons (Fsp3) is 0.294. The standard InChI is InChI=1S/C17H18O3S/c18-9-7-12-3-1-5-14-11-15-6-2-4-13(8-10-19)17(15)21(20)16(12)14/h1-6,18-19H,7-11H2. The third-order valence-corrected chi connectivity index (χ3v) is 5.66. The Balaban J connectivity index is 2.15. The van der Waals surface area contributed by atoms with Crippen molar-refractivity contribution in [2.24, 2.45) is 0 Å². The van der Waals surface area contributed by atoms with E-state index in [-0.39, 0.29) is 13.2 Å². The number of hydrogen-bond acceptors (Lipinski definition) is 3. The molecule has 0 radical (unpaired) electrons. The van der Waals surface area contributed by atoms with Gasteiger partial charge in [-0.2, -0.15) is 0 Å². The second-order valence-electron chi connectivity index (χ2n) is 5.20. The van der Waals surface area contributed by atoms with Crippen molar-refractivity contribution >= 4 is 10.8 Å². The Kier molecular flexibility index (Phi) is 4.19. The van der Waals surface area contributed by atoms with Crippen LogP contribution in [-0.4, -0.2) is 27.6 Å². The van der Waals surface area contributed by atoms with Crippen LogP contribution in [0, 0.1) is 0 Å². The van der Waals surface area contributed by atoms with E-state index in [2.05, 4.69) is 0 Å². The Morgan fingerprint density at radius 2 is 1.33 bits per heavy atom. The van der Waals surface area contributed by atoms with Gasteiger partial charge in [-0.25, -0.2) is 4.21 Å². The zero-order chi connectivity index (χ0) is 14.8. The van der Waals surface area contributed by atoms with Gasteiger partial charge in [0.2, 0.25) is 0 Å². The predicted octanol–water partition coefficient (Wildman–Crippen LogP) is 1.83. The van der Waals surface area contributed by atoms with Gasteiger partial charge < -0.3 is 10.2 Å². The summed E-state index contributed by atoms with van der Waals surface area (Å²) >= 11 is 0. The Hall–Kier alpha value is -1.49. The van der Waals surface area contributed by atoms with Gasteiger partial charge in [0, 0.05) is 13.2 Å². The maximum Gasteiger partial charge on any atom is 0.0861 e. The van der Waals surface area contributed by atoms with Crippen molar-refractivity contribution in [3.8, 4) is 0 Å². The van der Waals surface area contributed by atoms with Crippen LogP contribution < -0.4 is 0 Å². The van der Waals surface area contributed by atoms with Gasteiger partial charge in [-0.05, 0) is 41.5 Å². The summed E-state index contributed by atoms with van der Waals surface area (Å²) in [5, 5.41) is 18.4. The summed E-state index contributed by atoms with van der Waals surface area (Å²) in [5.74, 6) is 0. The minimum atomic E-state index is -1.24. The van der Waals surface area contributed by atoms with Crippen molar-refractivity contribution in [1.29, 1.82) is 0 Å². The molecular weight excluding hydrogens is 284 g/mol. The lowest BCUT2D eigenvalue weighted by atomic mass is 9.98. The molecule has 0 amide bonds. The van der Waals surface area contributed by atoms with Gasteiger partial charge in [-0.3, -0.25) is 0 Å². The summed E-state index contributed by atoms with van der Waals surface area (Å²) in [7, 11) is -1.24. The highest BCUT2D eigenvalue weighted by atomic mass is 32.2. The molecule has 0 unspecified atom stereocenters. The summed E-state index contributed by atoms with van der Waals surface area (Å²) in [6.45, 7) is 0.109. The lowest BCUT2D eigenvalue weighted by molar-refractivity contribution is 0.298. The Morgan fingerprint density at radius 1 is 0.857 bits per heavy atom. The largest absolute Gasteiger partial charge is 0.396 e. The van der Waals surface area contributed by atoms with Gasteiger partial charge in [0.05, 0.1) is 20.6 Å². The topological polar surface area (TPSA) is 57.5 Å². The van der Waals surface area contributed by atoms with Gasteiger partial charge in [0.25, 0.3) is 0 Å². The number of hydrogen-bond donors (Lipinski definition) is 2. The van der Waals surface area contributed by atoms with Gasteiger partial charge in [0.15, 0.2) is 0 Å². The van der Waals surface area contributed by atoms with Crippen LogP contribution in [0.3, 0.4) is 0 Å². The normalized spacial score (nSPS) is 13.8. The molecule has 4 heteroatoms. The van der Waals surface area contributed by atoms with Crippen LogP contribution in [0.1, 0.15) is 22.3 Å². The average Bonchev–Trinajstić information content (AvgIpc) is 2.48. The van der Waals surface area contributed by atoms with E-state index in [0.29, 0.717) is 12.8 Å². The van der Waals surface area contributed by atoms with E-state index in [9.17, 15) is 14.4 Å². The first-order chi connectivity index (χ1) is 10.3. The van der Waals surface area contributed by atoms with Crippen molar-refractivity contribution in [2.75, 3.05) is 13.2 Å². The average molecular weight is 302 g/mol. The Labute approximate surface area is 126 Å². The van der Waals surface area contributed by atoms with Crippen LogP contribution in [0.15, 0.2) is 46.2 Å². The number of aliphatic hydroxyl groups excluding tert-OH is 2. The molecule has 0 atom stereocenters. The molecule has 3 nitrogen and oxygen atoms in total. The van der Waals surface area contributed by atoms with Gasteiger partial charge in [0.1, 0.15) is 0 Å². The van der Waals surface area contributed by atoms with E-state index in [1.165, 1.54) is 0 Å². The van der Waals surface area contributed by atoms with Gasteiger partial charge >= 0.3 is 0 Å². The van der Waals surface area contributed by atoms with E-state index in [4.69, 9.17) is 0 Å². The maximum atomic E-state index is 13.0. The van der Waals surface area contributed by atoms with Crippen LogP contribution >= 0.6 is 0 Å². The molecule has 2 aromatic rings. The molecule has 21 heavy (non-hydrogen) atoms. The first-order valence-corrected chi connectivity index (χ1v) is 8.26. The lowest BCUT2D eigenvalue weighted by Gasteiger charge is -2.23. The third-order valence-electron chi connectivity index (χ3n) is 3.87. The van der Waals surface area contributed by atoms with Crippen LogP contribution in [0.25, 0.3) is 0 Å². The molecule has 0 fully saturated rings. The van der Waals surface area contributed by atoms with E-state index in [1.807, 2.05) is 36.4 Å². The first kappa shape index (κ1) is 14.4. The molecule has 0 aromatic heterocycles. The number of rotatable bonds is 4. The van der Waals surface area contributed by atoms with E-state index in [0.717, 1.165) is 38.5 Å². The molecular formula is C17H18O3S. The lowest BCUT2D eigenvalue weighted by Crippen LogP contribution is -2.15. The molecule has 1 aliphatic rings. The molecule has 2 aromatic carbocycles. The number of aliphatic hydroxyl groups is 2. The SMILES string of the molecule is O=S1c2c(CCO)cccc2Cc2cccc(CCO)c21. The van der Waals surface area contributed by atoms with E-state index in [1.54, 1.807) is 0 Å². The highest BCUT2D eigenvalue weighted by Gasteiger charge is 2.26. The quantitative estimate of drug-likeness (QED) is 0.773. The smallest absolute Gasteiger partial charge is 0.0861 e. The molecule has 0 bridgehead atoms. The van der Waals surface area contributed by atoms with Crippen molar-refractivity contribution in [3.63, 3.8) is 0 Å². The fourth-order valence-electron chi connectivity index (χ4n) is 2.97. The zero-order valence-electron chi connectivity index (χ0n) is 11.7. The van der Waals surface area contributed by atoms with E-state index >= 15 is 0 Å². The molecule has 0 saturated carbocycles. The number of fused-ring (bicyclic) bond motifs is 2. The maximum absolute atomic E-state index is 13.0. The monoisotopic (exact) mass is 302 g/mol. The molecule has 110 valence electrons. The summed E-state index contributed by atoms with van der Waals surface area (Å²) in [4.78, 5) is 1.70. The van der Waals surface area contributed by atoms with Crippen molar-refractivity contribution in [2.45, 2.75) is 29.1 Å². The minimum absolute atomic E-state index is 0.0544. The van der Waals surface area contributed by atoms with Crippen LogP contribution in [0.5, 0.6) is 0 Å². The highest BCUT2D eigenvalue weighted by Crippen LogP contribution is 2.35. The Bertz CT molecular complexity index is 637. The third kappa shape index (κ3) is 2.55. The zero-order valence-corrected chi connectivity index (χ0v) is 12.5. The molecule has 0 aliphatic carbocycles. The van der Waals surface area contributed by atoms with Gasteiger partial charge in [-0.1, -0.05) is 36.4 Å². The highest BCUT2D eigenvalue weighted by molar-refractivity contribution is 7.85. The summed E-state index contributed by atoms with van der Waals surface area (Å²) in [5.41, 5.74) is 4.07. The van der Waals surface area contributed by atoms with Crippen molar-refractivity contribution in [1.82, 2.24) is 0 Å². The summed E-state index contributed by atoms with van der Waals surface area (Å²) < 4.78 is 13.0. The number of benzene rings is 2. The fourth-order valence-corrected chi connectivity index (χ4v) is 4.75. The molecule has 3 rings (SSSR count).